The maximum atomic E-state index is 14.1. The molecule has 2 aromatic carbocycles. The van der Waals surface area contributed by atoms with Crippen molar-refractivity contribution in [1.82, 2.24) is 9.55 Å². The van der Waals surface area contributed by atoms with Gasteiger partial charge in [-0.1, -0.05) is 11.6 Å². The zero-order chi connectivity index (χ0) is 15.1. The predicted molar refractivity (Wildman–Crippen MR) is 79.9 cm³/mol. The van der Waals surface area contributed by atoms with Gasteiger partial charge >= 0.3 is 0 Å². The number of ether oxygens (including phenoxy) is 1. The number of nitrogens with zero attached hydrogens (tertiary/aromatic N) is 1. The van der Waals surface area contributed by atoms with Crippen LogP contribution < -0.4 is 4.74 Å². The summed E-state index contributed by atoms with van der Waals surface area (Å²) in [4.78, 5) is 2.84. The van der Waals surface area contributed by atoms with E-state index in [-0.39, 0.29) is 21.2 Å². The van der Waals surface area contributed by atoms with Gasteiger partial charge in [0.05, 0.1) is 23.8 Å². The molecule has 0 amide bonds. The number of H-pyrrole nitrogens is 1. The Morgan fingerprint density at radius 2 is 1.95 bits per heavy atom. The fourth-order valence-electron chi connectivity index (χ4n) is 2.17. The molecule has 3 rings (SSSR count). The number of hydrogen-bond acceptors (Lipinski definition) is 2. The van der Waals surface area contributed by atoms with Crippen molar-refractivity contribution < 1.29 is 13.5 Å². The van der Waals surface area contributed by atoms with Gasteiger partial charge in [0, 0.05) is 17.2 Å². The van der Waals surface area contributed by atoms with Crippen LogP contribution in [0.25, 0.3) is 16.7 Å². The van der Waals surface area contributed by atoms with Gasteiger partial charge in [-0.15, -0.1) is 0 Å². The van der Waals surface area contributed by atoms with Crippen molar-refractivity contribution >= 4 is 34.9 Å². The second-order valence-electron chi connectivity index (χ2n) is 4.37. The Morgan fingerprint density at radius 3 is 2.62 bits per heavy atom. The van der Waals surface area contributed by atoms with Crippen LogP contribution in [0.2, 0.25) is 5.02 Å². The van der Waals surface area contributed by atoms with E-state index in [1.54, 1.807) is 6.07 Å². The second-order valence-corrected chi connectivity index (χ2v) is 5.19. The number of nitrogens with one attached hydrogen (secondary N) is 1. The van der Waals surface area contributed by atoms with Gasteiger partial charge in [-0.2, -0.15) is 0 Å². The predicted octanol–water partition coefficient (Wildman–Crippen LogP) is 4.63. The van der Waals surface area contributed by atoms with E-state index in [9.17, 15) is 8.78 Å². The third kappa shape index (κ3) is 2.30. The van der Waals surface area contributed by atoms with E-state index in [0.29, 0.717) is 11.0 Å². The third-order valence-electron chi connectivity index (χ3n) is 3.11. The van der Waals surface area contributed by atoms with Gasteiger partial charge in [0.1, 0.15) is 5.82 Å². The lowest BCUT2D eigenvalue weighted by Crippen LogP contribution is -1.98. The summed E-state index contributed by atoms with van der Waals surface area (Å²) >= 11 is 10.9. The minimum Gasteiger partial charge on any atom is -0.494 e. The van der Waals surface area contributed by atoms with Crippen LogP contribution in [0.4, 0.5) is 8.78 Å². The van der Waals surface area contributed by atoms with E-state index in [0.717, 1.165) is 0 Å². The molecule has 0 bridgehead atoms. The molecule has 3 nitrogen and oxygen atoms in total. The van der Waals surface area contributed by atoms with Gasteiger partial charge in [0.25, 0.3) is 0 Å². The molecule has 7 heteroatoms. The number of hydrogen-bond donors (Lipinski definition) is 1. The van der Waals surface area contributed by atoms with E-state index < -0.39 is 11.6 Å². The molecule has 1 aromatic heterocycles. The van der Waals surface area contributed by atoms with Crippen molar-refractivity contribution in [2.24, 2.45) is 0 Å². The van der Waals surface area contributed by atoms with Crippen LogP contribution in [0.1, 0.15) is 0 Å². The number of fused-ring (bicyclic) bond motifs is 1. The molecular weight excluding hydrogens is 318 g/mol. The summed E-state index contributed by atoms with van der Waals surface area (Å²) in [6.45, 7) is 0. The van der Waals surface area contributed by atoms with Crippen molar-refractivity contribution in [2.75, 3.05) is 7.11 Å². The number of aromatic nitrogens is 2. The number of methoxy groups -OCH3 is 1. The average Bonchev–Trinajstić information content (AvgIpc) is 2.73. The number of imidazole rings is 1. The van der Waals surface area contributed by atoms with Crippen molar-refractivity contribution in [3.05, 3.63) is 51.8 Å². The van der Waals surface area contributed by atoms with Gasteiger partial charge in [-0.05, 0) is 30.4 Å². The van der Waals surface area contributed by atoms with Crippen LogP contribution >= 0.6 is 23.8 Å². The molecule has 1 N–H and O–H groups in total. The molecule has 108 valence electrons. The van der Waals surface area contributed by atoms with Crippen LogP contribution in [0.5, 0.6) is 5.75 Å². The summed E-state index contributed by atoms with van der Waals surface area (Å²) in [5.74, 6) is -0.993. The van der Waals surface area contributed by atoms with E-state index >= 15 is 0 Å². The Kier molecular flexibility index (Phi) is 3.43. The first-order valence-corrected chi connectivity index (χ1v) is 6.73. The summed E-state index contributed by atoms with van der Waals surface area (Å²) in [5, 5.41) is 0.284. The minimum absolute atomic E-state index is 0.0552. The summed E-state index contributed by atoms with van der Waals surface area (Å²) in [6, 6.07) is 6.98. The third-order valence-corrected chi connectivity index (χ3v) is 3.63. The Morgan fingerprint density at radius 1 is 1.19 bits per heavy atom. The van der Waals surface area contributed by atoms with Gasteiger partial charge < -0.3 is 9.72 Å². The Hall–Kier alpha value is -1.92. The highest BCUT2D eigenvalue weighted by Crippen LogP contribution is 2.28. The van der Waals surface area contributed by atoms with Crippen LogP contribution in [-0.4, -0.2) is 16.7 Å². The molecule has 0 aliphatic rings. The normalized spacial score (nSPS) is 11.0. The molecule has 0 fully saturated rings. The lowest BCUT2D eigenvalue weighted by Gasteiger charge is -2.08. The molecule has 21 heavy (non-hydrogen) atoms. The molecule has 3 aromatic rings. The average molecular weight is 327 g/mol. The first-order valence-electron chi connectivity index (χ1n) is 5.95. The maximum absolute atomic E-state index is 14.1. The lowest BCUT2D eigenvalue weighted by atomic mass is 10.2. The zero-order valence-electron chi connectivity index (χ0n) is 10.8. The van der Waals surface area contributed by atoms with Crippen LogP contribution in [-0.2, 0) is 0 Å². The second kappa shape index (κ2) is 5.13. The lowest BCUT2D eigenvalue weighted by molar-refractivity contribution is 0.387. The Labute approximate surface area is 128 Å². The molecule has 0 saturated heterocycles. The molecule has 0 atom stereocenters. The maximum Gasteiger partial charge on any atom is 0.182 e. The summed E-state index contributed by atoms with van der Waals surface area (Å²) < 4.78 is 34.5. The fraction of sp³-hybridized carbons (Fsp3) is 0.0714. The van der Waals surface area contributed by atoms with Crippen LogP contribution in [0.15, 0.2) is 30.3 Å². The van der Waals surface area contributed by atoms with Crippen LogP contribution in [0, 0.1) is 16.4 Å². The van der Waals surface area contributed by atoms with Gasteiger partial charge in [0.15, 0.2) is 16.3 Å². The first-order chi connectivity index (χ1) is 10.0. The number of rotatable bonds is 2. The standard InChI is InChI=1S/C14H9ClF2N2OS/c1-20-13-6-12-10(5-9(13)17)18-14(21)19(12)11-3-2-7(15)4-8(11)16/h2-6H,1H3,(H,18,21). The number of aromatic amines is 1. The zero-order valence-corrected chi connectivity index (χ0v) is 12.4. The van der Waals surface area contributed by atoms with E-state index in [4.69, 9.17) is 28.6 Å². The molecule has 0 aliphatic heterocycles. The highest BCUT2D eigenvalue weighted by molar-refractivity contribution is 7.71. The quantitative estimate of drug-likeness (QED) is 0.696. The van der Waals surface area contributed by atoms with Crippen molar-refractivity contribution in [3.8, 4) is 11.4 Å². The monoisotopic (exact) mass is 326 g/mol. The van der Waals surface area contributed by atoms with Crippen molar-refractivity contribution in [2.45, 2.75) is 0 Å². The Balaban J connectivity index is 2.36. The number of benzene rings is 2. The molecule has 0 aliphatic carbocycles. The SMILES string of the molecule is COc1cc2c(cc1F)[nH]c(=S)n2-c1ccc(Cl)cc1F. The van der Waals surface area contributed by atoms with E-state index in [2.05, 4.69) is 4.98 Å². The summed E-state index contributed by atoms with van der Waals surface area (Å²) in [7, 11) is 1.36. The Bertz CT molecular complexity index is 904. The minimum atomic E-state index is -0.525. The molecular formula is C14H9ClF2N2OS. The smallest absolute Gasteiger partial charge is 0.182 e. The first kappa shape index (κ1) is 14.0. The summed E-state index contributed by atoms with van der Waals surface area (Å²) in [6.07, 6.45) is 0. The number of halogens is 3. The fourth-order valence-corrected chi connectivity index (χ4v) is 2.63. The van der Waals surface area contributed by atoms with Crippen molar-refractivity contribution in [1.29, 1.82) is 0 Å². The summed E-state index contributed by atoms with van der Waals surface area (Å²) in [5.41, 5.74) is 1.19. The van der Waals surface area contributed by atoms with Crippen LogP contribution in [0.3, 0.4) is 0 Å². The molecule has 0 spiro atoms. The van der Waals surface area contributed by atoms with E-state index in [1.807, 2.05) is 0 Å². The molecule has 0 unspecified atom stereocenters. The van der Waals surface area contributed by atoms with Gasteiger partial charge in [0.2, 0.25) is 0 Å². The highest BCUT2D eigenvalue weighted by atomic mass is 35.5. The largest absolute Gasteiger partial charge is 0.494 e. The highest BCUT2D eigenvalue weighted by Gasteiger charge is 2.14. The molecule has 0 saturated carbocycles. The molecule has 1 heterocycles. The molecule has 0 radical (unpaired) electrons. The van der Waals surface area contributed by atoms with Gasteiger partial charge in [-0.25, -0.2) is 8.78 Å². The topological polar surface area (TPSA) is 29.9 Å². The van der Waals surface area contributed by atoms with Crippen molar-refractivity contribution in [3.63, 3.8) is 0 Å². The van der Waals surface area contributed by atoms with E-state index in [1.165, 1.54) is 35.9 Å². The van der Waals surface area contributed by atoms with Gasteiger partial charge in [-0.3, -0.25) is 4.57 Å².